The first-order valence-electron chi connectivity index (χ1n) is 9.14. The predicted octanol–water partition coefficient (Wildman–Crippen LogP) is 3.62. The third-order valence-corrected chi connectivity index (χ3v) is 7.97. The van der Waals surface area contributed by atoms with Crippen LogP contribution in [0.5, 0.6) is 0 Å². The second-order valence-electron chi connectivity index (χ2n) is 8.73. The number of nitrogens with two attached hydrogens (primary N) is 1. The topological polar surface area (TPSA) is 58.6 Å². The minimum atomic E-state index is -0.104. The number of aliphatic hydroxyl groups excluding tert-OH is 1. The van der Waals surface area contributed by atoms with Crippen molar-refractivity contribution in [1.82, 2.24) is 0 Å². The van der Waals surface area contributed by atoms with E-state index in [9.17, 15) is 5.11 Å². The van der Waals surface area contributed by atoms with E-state index in [0.29, 0.717) is 5.41 Å². The van der Waals surface area contributed by atoms with Gasteiger partial charge in [0.1, 0.15) is 0 Å². The molecule has 4 aliphatic rings. The second-order valence-corrected chi connectivity index (χ2v) is 8.73. The Morgan fingerprint density at radius 2 is 1.86 bits per heavy atom. The number of fused-ring (bicyclic) bond motifs is 5. The zero-order valence-corrected chi connectivity index (χ0v) is 14.0. The van der Waals surface area contributed by atoms with Crippen LogP contribution in [0.3, 0.4) is 0 Å². The van der Waals surface area contributed by atoms with Gasteiger partial charge in [0, 0.05) is 11.1 Å². The fraction of sp³-hybridized carbons (Fsp3) is 0.842. The van der Waals surface area contributed by atoms with E-state index in [2.05, 4.69) is 25.0 Å². The summed E-state index contributed by atoms with van der Waals surface area (Å²) in [6, 6.07) is 0. The highest BCUT2D eigenvalue weighted by atomic mass is 16.3. The van der Waals surface area contributed by atoms with Gasteiger partial charge in [-0.1, -0.05) is 25.5 Å². The molecule has 0 aromatic rings. The minimum Gasteiger partial charge on any atom is -0.393 e. The number of hydrogen-bond donors (Lipinski definition) is 2. The Labute approximate surface area is 134 Å². The quantitative estimate of drug-likeness (QED) is 0.408. The average molecular weight is 302 g/mol. The molecular formula is C19H30N2O. The van der Waals surface area contributed by atoms with E-state index < -0.39 is 0 Å². The summed E-state index contributed by atoms with van der Waals surface area (Å²) in [5.74, 6) is 8.04. The summed E-state index contributed by atoms with van der Waals surface area (Å²) in [5.41, 5.74) is 3.43. The van der Waals surface area contributed by atoms with E-state index in [1.807, 2.05) is 0 Å². The van der Waals surface area contributed by atoms with Gasteiger partial charge in [0.2, 0.25) is 0 Å². The van der Waals surface area contributed by atoms with Crippen molar-refractivity contribution in [1.29, 1.82) is 0 Å². The summed E-state index contributed by atoms with van der Waals surface area (Å²) in [6.45, 7) is 4.90. The van der Waals surface area contributed by atoms with Crippen LogP contribution in [0.1, 0.15) is 65.2 Å². The van der Waals surface area contributed by atoms with E-state index in [4.69, 9.17) is 5.84 Å². The molecule has 6 atom stereocenters. The first-order valence-corrected chi connectivity index (χ1v) is 9.14. The fourth-order valence-electron chi connectivity index (χ4n) is 6.64. The summed E-state index contributed by atoms with van der Waals surface area (Å²) in [7, 11) is 0. The molecule has 0 heterocycles. The van der Waals surface area contributed by atoms with Crippen LogP contribution in [0.25, 0.3) is 0 Å². The Kier molecular flexibility index (Phi) is 3.24. The van der Waals surface area contributed by atoms with Gasteiger partial charge in [-0.25, -0.2) is 0 Å². The number of hydrazone groups is 1. The van der Waals surface area contributed by atoms with Crippen molar-refractivity contribution in [3.05, 3.63) is 11.6 Å². The number of allylic oxidation sites excluding steroid dienone is 1. The van der Waals surface area contributed by atoms with Crippen LogP contribution in [-0.4, -0.2) is 16.9 Å². The van der Waals surface area contributed by atoms with Gasteiger partial charge >= 0.3 is 0 Å². The SMILES string of the molecule is CC12CCC(O)CC1=CCC1C2CCC2(C)/C(=N\N)CCC12. The Morgan fingerprint density at radius 1 is 1.14 bits per heavy atom. The minimum absolute atomic E-state index is 0.104. The second kappa shape index (κ2) is 4.83. The molecule has 4 aliphatic carbocycles. The zero-order chi connectivity index (χ0) is 15.5. The fourth-order valence-corrected chi connectivity index (χ4v) is 6.64. The molecule has 0 radical (unpaired) electrons. The molecule has 3 N–H and O–H groups in total. The normalized spacial score (nSPS) is 52.7. The number of rotatable bonds is 0. The van der Waals surface area contributed by atoms with Gasteiger partial charge in [0.05, 0.1) is 6.10 Å². The van der Waals surface area contributed by atoms with Gasteiger partial charge in [0.25, 0.3) is 0 Å². The van der Waals surface area contributed by atoms with Crippen molar-refractivity contribution < 1.29 is 5.11 Å². The summed E-state index contributed by atoms with van der Waals surface area (Å²) in [6.07, 6.45) is 11.6. The van der Waals surface area contributed by atoms with Gasteiger partial charge < -0.3 is 10.9 Å². The molecule has 6 unspecified atom stereocenters. The van der Waals surface area contributed by atoms with Gasteiger partial charge in [-0.2, -0.15) is 5.10 Å². The van der Waals surface area contributed by atoms with Crippen molar-refractivity contribution >= 4 is 5.71 Å². The molecule has 122 valence electrons. The zero-order valence-electron chi connectivity index (χ0n) is 14.0. The van der Waals surface area contributed by atoms with E-state index in [1.165, 1.54) is 37.8 Å². The first kappa shape index (κ1) is 14.7. The highest BCUT2D eigenvalue weighted by Gasteiger charge is 2.57. The summed E-state index contributed by atoms with van der Waals surface area (Å²) >= 11 is 0. The monoisotopic (exact) mass is 302 g/mol. The lowest BCUT2D eigenvalue weighted by atomic mass is 9.48. The maximum Gasteiger partial charge on any atom is 0.0577 e. The van der Waals surface area contributed by atoms with Crippen molar-refractivity contribution in [2.75, 3.05) is 0 Å². The van der Waals surface area contributed by atoms with Crippen LogP contribution in [0.2, 0.25) is 0 Å². The molecule has 0 aromatic heterocycles. The molecule has 3 nitrogen and oxygen atoms in total. The summed E-state index contributed by atoms with van der Waals surface area (Å²) < 4.78 is 0. The van der Waals surface area contributed by atoms with E-state index in [0.717, 1.165) is 37.0 Å². The lowest BCUT2D eigenvalue weighted by Crippen LogP contribution is -2.50. The van der Waals surface area contributed by atoms with Crippen LogP contribution in [-0.2, 0) is 0 Å². The number of hydrogen-bond acceptors (Lipinski definition) is 3. The molecule has 3 fully saturated rings. The molecule has 0 saturated heterocycles. The standard InChI is InChI=1S/C19H30N2O/c1-18-9-7-13(22)11-12(18)3-4-14-15-5-6-17(21-20)19(15,2)10-8-16(14)18/h3,13-16,22H,4-11,20H2,1-2H3/b21-17-. The Hall–Kier alpha value is -0.830. The van der Waals surface area contributed by atoms with E-state index in [1.54, 1.807) is 5.57 Å². The van der Waals surface area contributed by atoms with Gasteiger partial charge in [-0.05, 0) is 74.5 Å². The van der Waals surface area contributed by atoms with Crippen LogP contribution in [0.4, 0.5) is 0 Å². The van der Waals surface area contributed by atoms with Crippen LogP contribution in [0, 0.1) is 28.6 Å². The lowest BCUT2D eigenvalue weighted by molar-refractivity contribution is -0.0209. The lowest BCUT2D eigenvalue weighted by Gasteiger charge is -2.57. The molecule has 0 spiro atoms. The summed E-state index contributed by atoms with van der Waals surface area (Å²) in [4.78, 5) is 0. The molecule has 0 aromatic carbocycles. The maximum absolute atomic E-state index is 10.0. The highest BCUT2D eigenvalue weighted by molar-refractivity contribution is 5.92. The van der Waals surface area contributed by atoms with Gasteiger partial charge in [-0.15, -0.1) is 0 Å². The predicted molar refractivity (Wildman–Crippen MR) is 89.3 cm³/mol. The molecule has 0 aliphatic heterocycles. The molecule has 22 heavy (non-hydrogen) atoms. The summed E-state index contributed by atoms with van der Waals surface area (Å²) in [5, 5.41) is 14.2. The molecule has 3 heteroatoms. The Bertz CT molecular complexity index is 540. The van der Waals surface area contributed by atoms with Gasteiger partial charge in [0.15, 0.2) is 0 Å². The van der Waals surface area contributed by atoms with Gasteiger partial charge in [-0.3, -0.25) is 0 Å². The molecule has 3 saturated carbocycles. The molecule has 0 bridgehead atoms. The van der Waals surface area contributed by atoms with Crippen molar-refractivity contribution in [2.45, 2.75) is 71.3 Å². The molecular weight excluding hydrogens is 272 g/mol. The van der Waals surface area contributed by atoms with E-state index >= 15 is 0 Å². The average Bonchev–Trinajstić information content (AvgIpc) is 2.84. The molecule has 4 rings (SSSR count). The Morgan fingerprint density at radius 3 is 2.64 bits per heavy atom. The first-order chi connectivity index (χ1) is 10.5. The van der Waals surface area contributed by atoms with Crippen molar-refractivity contribution in [3.63, 3.8) is 0 Å². The van der Waals surface area contributed by atoms with Crippen LogP contribution in [0.15, 0.2) is 16.8 Å². The Balaban J connectivity index is 1.69. The van der Waals surface area contributed by atoms with Crippen LogP contribution >= 0.6 is 0 Å². The highest BCUT2D eigenvalue weighted by Crippen LogP contribution is 2.64. The smallest absolute Gasteiger partial charge is 0.0577 e. The third kappa shape index (κ3) is 1.81. The number of nitrogens with zero attached hydrogens (tertiary/aromatic N) is 1. The maximum atomic E-state index is 10.0. The van der Waals surface area contributed by atoms with Crippen LogP contribution < -0.4 is 5.84 Å². The molecule has 0 amide bonds. The third-order valence-electron chi connectivity index (χ3n) is 7.97. The van der Waals surface area contributed by atoms with Crippen molar-refractivity contribution in [2.24, 2.45) is 39.5 Å². The van der Waals surface area contributed by atoms with Crippen molar-refractivity contribution in [3.8, 4) is 0 Å². The largest absolute Gasteiger partial charge is 0.393 e. The number of aliphatic hydroxyl groups is 1. The van der Waals surface area contributed by atoms with E-state index in [-0.39, 0.29) is 11.5 Å².